The van der Waals surface area contributed by atoms with Crippen LogP contribution in [0.25, 0.3) is 0 Å². The van der Waals surface area contributed by atoms with E-state index >= 15 is 0 Å². The van der Waals surface area contributed by atoms with Gasteiger partial charge in [0.25, 0.3) is 0 Å². The predicted molar refractivity (Wildman–Crippen MR) is 52.0 cm³/mol. The van der Waals surface area contributed by atoms with Crippen molar-refractivity contribution in [3.05, 3.63) is 0 Å². The monoisotopic (exact) mass is 204 g/mol. The van der Waals surface area contributed by atoms with Crippen LogP contribution in [-0.2, 0) is 9.47 Å². The van der Waals surface area contributed by atoms with Crippen LogP contribution in [0.1, 0.15) is 20.8 Å². The summed E-state index contributed by atoms with van der Waals surface area (Å²) < 4.78 is 10.8. The Morgan fingerprint density at radius 3 is 2.21 bits per heavy atom. The number of hydrogen-bond donors (Lipinski definition) is 2. The molecule has 2 N–H and O–H groups in total. The van der Waals surface area contributed by atoms with E-state index < -0.39 is 18.3 Å². The fourth-order valence-electron chi connectivity index (χ4n) is 1.88. The first-order valence-corrected chi connectivity index (χ1v) is 5.03. The second-order valence-electron chi connectivity index (χ2n) is 4.23. The average Bonchev–Trinajstić information content (AvgIpc) is 2.13. The topological polar surface area (TPSA) is 58.9 Å². The van der Waals surface area contributed by atoms with Crippen molar-refractivity contribution < 1.29 is 19.7 Å². The van der Waals surface area contributed by atoms with Crippen LogP contribution >= 0.6 is 0 Å². The lowest BCUT2D eigenvalue weighted by Gasteiger charge is -2.42. The minimum atomic E-state index is -0.866. The zero-order chi connectivity index (χ0) is 10.9. The van der Waals surface area contributed by atoms with Gasteiger partial charge in [-0.3, -0.25) is 0 Å². The van der Waals surface area contributed by atoms with Gasteiger partial charge in [0.2, 0.25) is 0 Å². The first-order chi connectivity index (χ1) is 6.49. The van der Waals surface area contributed by atoms with Crippen LogP contribution in [0, 0.1) is 5.92 Å². The SMILES string of the molecule is COC1C(O)C(O)C(C)OC1C(C)C. The second kappa shape index (κ2) is 4.57. The number of aliphatic hydroxyl groups excluding tert-OH is 2. The normalized spacial score (nSPS) is 44.4. The lowest BCUT2D eigenvalue weighted by Crippen LogP contribution is -2.58. The summed E-state index contributed by atoms with van der Waals surface area (Å²) in [5.74, 6) is 0.254. The van der Waals surface area contributed by atoms with Crippen LogP contribution in [0.5, 0.6) is 0 Å². The Labute approximate surface area is 84.8 Å². The molecular formula is C10H20O4. The van der Waals surface area contributed by atoms with Gasteiger partial charge < -0.3 is 19.7 Å². The Kier molecular flexibility index (Phi) is 3.89. The van der Waals surface area contributed by atoms with Gasteiger partial charge >= 0.3 is 0 Å². The molecule has 5 atom stereocenters. The summed E-state index contributed by atoms with van der Waals surface area (Å²) in [7, 11) is 1.52. The van der Waals surface area contributed by atoms with E-state index in [4.69, 9.17) is 9.47 Å². The lowest BCUT2D eigenvalue weighted by atomic mass is 9.90. The summed E-state index contributed by atoms with van der Waals surface area (Å²) in [6.07, 6.45) is -2.68. The smallest absolute Gasteiger partial charge is 0.112 e. The van der Waals surface area contributed by atoms with Gasteiger partial charge in [0.15, 0.2) is 0 Å². The molecule has 0 amide bonds. The van der Waals surface area contributed by atoms with Gasteiger partial charge in [0.1, 0.15) is 18.3 Å². The summed E-state index contributed by atoms with van der Waals surface area (Å²) in [5, 5.41) is 19.4. The standard InChI is InChI=1S/C10H20O4/c1-5(2)9-10(13-4)8(12)7(11)6(3)14-9/h5-12H,1-4H3. The van der Waals surface area contributed by atoms with Gasteiger partial charge in [0.05, 0.1) is 12.2 Å². The highest BCUT2D eigenvalue weighted by atomic mass is 16.6. The van der Waals surface area contributed by atoms with E-state index in [2.05, 4.69) is 0 Å². The number of aliphatic hydroxyl groups is 2. The van der Waals surface area contributed by atoms with Crippen LogP contribution in [0.4, 0.5) is 0 Å². The molecule has 0 aromatic heterocycles. The van der Waals surface area contributed by atoms with E-state index in [1.165, 1.54) is 7.11 Å². The second-order valence-corrected chi connectivity index (χ2v) is 4.23. The molecule has 4 nitrogen and oxygen atoms in total. The van der Waals surface area contributed by atoms with E-state index in [0.29, 0.717) is 0 Å². The maximum Gasteiger partial charge on any atom is 0.112 e. The van der Waals surface area contributed by atoms with Crippen LogP contribution in [0.3, 0.4) is 0 Å². The van der Waals surface area contributed by atoms with Crippen molar-refractivity contribution in [2.45, 2.75) is 51.3 Å². The van der Waals surface area contributed by atoms with E-state index in [1.807, 2.05) is 13.8 Å². The Morgan fingerprint density at radius 2 is 1.79 bits per heavy atom. The number of ether oxygens (including phenoxy) is 2. The Morgan fingerprint density at radius 1 is 1.21 bits per heavy atom. The van der Waals surface area contributed by atoms with E-state index in [0.717, 1.165) is 0 Å². The number of hydrogen-bond acceptors (Lipinski definition) is 4. The van der Waals surface area contributed by atoms with Crippen LogP contribution in [0.15, 0.2) is 0 Å². The van der Waals surface area contributed by atoms with Gasteiger partial charge in [-0.1, -0.05) is 13.8 Å². The first-order valence-electron chi connectivity index (χ1n) is 5.03. The molecule has 0 radical (unpaired) electrons. The highest BCUT2D eigenvalue weighted by molar-refractivity contribution is 4.92. The Balaban J connectivity index is 2.76. The summed E-state index contributed by atoms with van der Waals surface area (Å²) in [5.41, 5.74) is 0. The molecule has 1 heterocycles. The molecule has 1 rings (SSSR count). The third-order valence-corrected chi connectivity index (χ3v) is 2.79. The van der Waals surface area contributed by atoms with E-state index in [1.54, 1.807) is 6.92 Å². The van der Waals surface area contributed by atoms with Crippen molar-refractivity contribution in [2.75, 3.05) is 7.11 Å². The highest BCUT2D eigenvalue weighted by Gasteiger charge is 2.43. The van der Waals surface area contributed by atoms with Crippen molar-refractivity contribution in [1.29, 1.82) is 0 Å². The lowest BCUT2D eigenvalue weighted by molar-refractivity contribution is -0.233. The van der Waals surface area contributed by atoms with Crippen molar-refractivity contribution in [3.63, 3.8) is 0 Å². The van der Waals surface area contributed by atoms with Gasteiger partial charge in [-0.15, -0.1) is 0 Å². The molecule has 0 aromatic carbocycles. The fourth-order valence-corrected chi connectivity index (χ4v) is 1.88. The van der Waals surface area contributed by atoms with Gasteiger partial charge in [-0.2, -0.15) is 0 Å². The molecule has 1 aliphatic rings. The summed E-state index contributed by atoms with van der Waals surface area (Å²) >= 11 is 0. The fraction of sp³-hybridized carbons (Fsp3) is 1.00. The van der Waals surface area contributed by atoms with Crippen LogP contribution in [-0.4, -0.2) is 47.8 Å². The van der Waals surface area contributed by atoms with Crippen molar-refractivity contribution in [3.8, 4) is 0 Å². The van der Waals surface area contributed by atoms with Gasteiger partial charge in [-0.05, 0) is 12.8 Å². The first kappa shape index (κ1) is 11.9. The molecule has 0 aromatic rings. The molecule has 14 heavy (non-hydrogen) atoms. The van der Waals surface area contributed by atoms with E-state index in [-0.39, 0.29) is 18.1 Å². The molecule has 4 heteroatoms. The molecule has 0 bridgehead atoms. The molecule has 1 fully saturated rings. The Bertz CT molecular complexity index is 183. The minimum Gasteiger partial charge on any atom is -0.388 e. The third kappa shape index (κ3) is 2.08. The van der Waals surface area contributed by atoms with Crippen molar-refractivity contribution in [2.24, 2.45) is 5.92 Å². The zero-order valence-electron chi connectivity index (χ0n) is 9.18. The van der Waals surface area contributed by atoms with Crippen molar-refractivity contribution >= 4 is 0 Å². The highest BCUT2D eigenvalue weighted by Crippen LogP contribution is 2.27. The zero-order valence-corrected chi connectivity index (χ0v) is 9.18. The third-order valence-electron chi connectivity index (χ3n) is 2.79. The summed E-state index contributed by atoms with van der Waals surface area (Å²) in [4.78, 5) is 0. The molecule has 1 saturated heterocycles. The molecule has 5 unspecified atom stereocenters. The minimum absolute atomic E-state index is 0.159. The molecule has 1 aliphatic heterocycles. The maximum atomic E-state index is 9.77. The largest absolute Gasteiger partial charge is 0.388 e. The molecule has 0 saturated carbocycles. The molecule has 84 valence electrons. The van der Waals surface area contributed by atoms with Crippen LogP contribution < -0.4 is 0 Å². The summed E-state index contributed by atoms with van der Waals surface area (Å²) in [6.45, 7) is 5.77. The number of rotatable bonds is 2. The van der Waals surface area contributed by atoms with Crippen LogP contribution in [0.2, 0.25) is 0 Å². The molecular weight excluding hydrogens is 184 g/mol. The quantitative estimate of drug-likeness (QED) is 0.673. The van der Waals surface area contributed by atoms with Crippen molar-refractivity contribution in [1.82, 2.24) is 0 Å². The molecule has 0 spiro atoms. The Hall–Kier alpha value is -0.160. The van der Waals surface area contributed by atoms with Gasteiger partial charge in [-0.25, -0.2) is 0 Å². The average molecular weight is 204 g/mol. The van der Waals surface area contributed by atoms with Gasteiger partial charge in [0, 0.05) is 7.11 Å². The summed E-state index contributed by atoms with van der Waals surface area (Å²) in [6, 6.07) is 0. The molecule has 0 aliphatic carbocycles. The van der Waals surface area contributed by atoms with E-state index in [9.17, 15) is 10.2 Å². The maximum absolute atomic E-state index is 9.77. The predicted octanol–water partition coefficient (Wildman–Crippen LogP) is 0.167. The number of methoxy groups -OCH3 is 1.